The Hall–Kier alpha value is -4.65. The van der Waals surface area contributed by atoms with Crippen molar-refractivity contribution in [3.63, 3.8) is 0 Å². The average Bonchev–Trinajstić information content (AvgIpc) is 3.37. The van der Waals surface area contributed by atoms with Gasteiger partial charge < -0.3 is 26.2 Å². The highest BCUT2D eigenvalue weighted by atomic mass is 19.4. The first-order chi connectivity index (χ1) is 21.4. The van der Waals surface area contributed by atoms with Crippen LogP contribution in [-0.2, 0) is 16.8 Å². The number of hydrogen-bond acceptors (Lipinski definition) is 6. The average molecular weight is 644 g/mol. The van der Waals surface area contributed by atoms with Crippen LogP contribution in [0, 0.1) is 12.7 Å². The summed E-state index contributed by atoms with van der Waals surface area (Å²) in [6, 6.07) is 12.9. The molecule has 1 heterocycles. The van der Waals surface area contributed by atoms with Gasteiger partial charge in [-0.15, -0.1) is 0 Å². The lowest BCUT2D eigenvalue weighted by Crippen LogP contribution is -2.53. The number of methoxy groups -OCH3 is 1. The van der Waals surface area contributed by atoms with Crippen molar-refractivity contribution in [3.05, 3.63) is 88.9 Å². The first-order valence-electron chi connectivity index (χ1n) is 14.5. The van der Waals surface area contributed by atoms with E-state index in [0.717, 1.165) is 17.7 Å². The lowest BCUT2D eigenvalue weighted by molar-refractivity contribution is -0.260. The van der Waals surface area contributed by atoms with Crippen molar-refractivity contribution in [2.75, 3.05) is 19.0 Å². The van der Waals surface area contributed by atoms with Crippen molar-refractivity contribution >= 4 is 28.4 Å². The number of amides is 2. The summed E-state index contributed by atoms with van der Waals surface area (Å²) in [5.74, 6) is -1.57. The zero-order chi connectivity index (χ0) is 34.0. The summed E-state index contributed by atoms with van der Waals surface area (Å²) in [7, 11) is 1.34. The molecule has 0 fully saturated rings. The number of nitrogens with one attached hydrogen (secondary N) is 2. The molecule has 4 rings (SSSR count). The Labute approximate surface area is 263 Å². The van der Waals surface area contributed by atoms with Crippen LogP contribution in [0.3, 0.4) is 0 Å². The van der Waals surface area contributed by atoms with E-state index in [-0.39, 0.29) is 17.9 Å². The summed E-state index contributed by atoms with van der Waals surface area (Å²) in [6.45, 7) is 5.59. The van der Waals surface area contributed by atoms with E-state index in [1.54, 1.807) is 41.9 Å². The second-order valence-electron chi connectivity index (χ2n) is 12.1. The van der Waals surface area contributed by atoms with Crippen LogP contribution in [0.15, 0.2) is 60.8 Å². The largest absolute Gasteiger partial charge is 0.496 e. The maximum Gasteiger partial charge on any atom is 0.418 e. The smallest absolute Gasteiger partial charge is 0.418 e. The predicted octanol–water partition coefficient (Wildman–Crippen LogP) is 5.22. The van der Waals surface area contributed by atoms with Crippen LogP contribution in [0.5, 0.6) is 5.75 Å². The lowest BCUT2D eigenvalue weighted by Gasteiger charge is -2.38. The van der Waals surface area contributed by atoms with Crippen LogP contribution in [0.4, 0.5) is 23.2 Å². The van der Waals surface area contributed by atoms with Crippen molar-refractivity contribution in [2.24, 2.45) is 5.73 Å². The SMILES string of the molecule is COc1ccc(F)cc1C(C)(C)CC(O)(CNc1cc(C)cc2c1cnn2Cc1cccc(C(=O)NC(C)C(N)=O)c1)C(F)(F)F. The highest BCUT2D eigenvalue weighted by molar-refractivity contribution is 5.97. The summed E-state index contributed by atoms with van der Waals surface area (Å²) in [5.41, 5.74) is 3.58. The van der Waals surface area contributed by atoms with Crippen LogP contribution in [0.1, 0.15) is 54.2 Å². The fourth-order valence-corrected chi connectivity index (χ4v) is 5.46. The number of benzene rings is 3. The number of carbonyl (C=O) groups is 2. The van der Waals surface area contributed by atoms with Gasteiger partial charge in [-0.25, -0.2) is 4.39 Å². The number of nitrogens with two attached hydrogens (primary N) is 1. The number of primary amides is 1. The summed E-state index contributed by atoms with van der Waals surface area (Å²) < 4.78 is 64.5. The molecule has 0 saturated heterocycles. The zero-order valence-electron chi connectivity index (χ0n) is 26.1. The molecule has 2 amide bonds. The third kappa shape index (κ3) is 7.41. The lowest BCUT2D eigenvalue weighted by atomic mass is 9.74. The van der Waals surface area contributed by atoms with Gasteiger partial charge in [-0.3, -0.25) is 14.3 Å². The minimum absolute atomic E-state index is 0.195. The third-order valence-corrected chi connectivity index (χ3v) is 7.93. The van der Waals surface area contributed by atoms with Crippen LogP contribution in [0.25, 0.3) is 10.9 Å². The highest BCUT2D eigenvalue weighted by Gasteiger charge is 2.56. The van der Waals surface area contributed by atoms with Crippen LogP contribution >= 0.6 is 0 Å². The number of aryl methyl sites for hydroxylation is 1. The molecule has 46 heavy (non-hydrogen) atoms. The van der Waals surface area contributed by atoms with Gasteiger partial charge in [-0.2, -0.15) is 18.3 Å². The molecule has 2 atom stereocenters. The molecule has 4 aromatic rings. The number of carbonyl (C=O) groups excluding carboxylic acids is 2. The number of aromatic nitrogens is 2. The van der Waals surface area contributed by atoms with Crippen molar-refractivity contribution in [2.45, 2.75) is 63.9 Å². The molecule has 9 nitrogen and oxygen atoms in total. The Morgan fingerprint density at radius 1 is 1.11 bits per heavy atom. The van der Waals surface area contributed by atoms with Crippen molar-refractivity contribution in [1.82, 2.24) is 15.1 Å². The van der Waals surface area contributed by atoms with E-state index in [1.807, 2.05) is 6.07 Å². The van der Waals surface area contributed by atoms with E-state index < -0.39 is 53.8 Å². The molecule has 0 aliphatic carbocycles. The molecule has 0 aliphatic rings. The number of halogens is 4. The van der Waals surface area contributed by atoms with E-state index >= 15 is 0 Å². The highest BCUT2D eigenvalue weighted by Crippen LogP contribution is 2.44. The molecule has 0 bridgehead atoms. The van der Waals surface area contributed by atoms with Gasteiger partial charge in [0.2, 0.25) is 5.91 Å². The molecule has 246 valence electrons. The Morgan fingerprint density at radius 2 is 1.83 bits per heavy atom. The predicted molar refractivity (Wildman–Crippen MR) is 166 cm³/mol. The van der Waals surface area contributed by atoms with Gasteiger partial charge in [0, 0.05) is 22.2 Å². The summed E-state index contributed by atoms with van der Waals surface area (Å²) in [5, 5.41) is 21.4. The van der Waals surface area contributed by atoms with Crippen molar-refractivity contribution < 1.29 is 37.0 Å². The van der Waals surface area contributed by atoms with Gasteiger partial charge in [0.25, 0.3) is 5.91 Å². The fourth-order valence-electron chi connectivity index (χ4n) is 5.46. The minimum atomic E-state index is -5.03. The molecular formula is C33H37F4N5O4. The molecule has 0 aliphatic heterocycles. The number of fused-ring (bicyclic) bond motifs is 1. The molecule has 5 N–H and O–H groups in total. The number of aliphatic hydroxyl groups is 1. The van der Waals surface area contributed by atoms with Gasteiger partial charge in [-0.05, 0) is 79.3 Å². The Kier molecular flexibility index (Phi) is 9.67. The molecule has 3 aromatic carbocycles. The summed E-state index contributed by atoms with van der Waals surface area (Å²) in [4.78, 5) is 23.9. The maximum atomic E-state index is 14.5. The second kappa shape index (κ2) is 13.0. The topological polar surface area (TPSA) is 132 Å². The molecule has 0 radical (unpaired) electrons. The zero-order valence-corrected chi connectivity index (χ0v) is 26.1. The van der Waals surface area contributed by atoms with Crippen molar-refractivity contribution in [1.29, 1.82) is 0 Å². The van der Waals surface area contributed by atoms with Crippen LogP contribution < -0.4 is 21.1 Å². The minimum Gasteiger partial charge on any atom is -0.496 e. The van der Waals surface area contributed by atoms with Gasteiger partial charge in [0.1, 0.15) is 17.6 Å². The molecule has 0 saturated carbocycles. The van der Waals surface area contributed by atoms with E-state index in [2.05, 4.69) is 15.7 Å². The molecule has 2 unspecified atom stereocenters. The number of ether oxygens (including phenoxy) is 1. The first-order valence-corrected chi connectivity index (χ1v) is 14.5. The van der Waals surface area contributed by atoms with E-state index in [1.165, 1.54) is 40.1 Å². The Bertz CT molecular complexity index is 1750. The first kappa shape index (κ1) is 34.2. The van der Waals surface area contributed by atoms with Gasteiger partial charge in [0.15, 0.2) is 5.60 Å². The number of hydrogen-bond donors (Lipinski definition) is 4. The molecule has 0 spiro atoms. The summed E-state index contributed by atoms with van der Waals surface area (Å²) >= 11 is 0. The number of alkyl halides is 3. The number of rotatable bonds is 12. The maximum absolute atomic E-state index is 14.5. The van der Waals surface area contributed by atoms with Gasteiger partial charge >= 0.3 is 6.18 Å². The van der Waals surface area contributed by atoms with E-state index in [4.69, 9.17) is 10.5 Å². The summed E-state index contributed by atoms with van der Waals surface area (Å²) in [6.07, 6.45) is -4.30. The normalized spacial score (nSPS) is 14.0. The number of anilines is 1. The van der Waals surface area contributed by atoms with Crippen LogP contribution in [-0.4, -0.2) is 58.2 Å². The molecule has 1 aromatic heterocycles. The van der Waals surface area contributed by atoms with E-state index in [9.17, 15) is 32.3 Å². The third-order valence-electron chi connectivity index (χ3n) is 7.93. The monoisotopic (exact) mass is 643 g/mol. The van der Waals surface area contributed by atoms with E-state index in [0.29, 0.717) is 27.7 Å². The Balaban J connectivity index is 1.60. The molecular weight excluding hydrogens is 606 g/mol. The Morgan fingerprint density at radius 3 is 2.48 bits per heavy atom. The van der Waals surface area contributed by atoms with Crippen LogP contribution in [0.2, 0.25) is 0 Å². The molecule has 13 heteroatoms. The van der Waals surface area contributed by atoms with Gasteiger partial charge in [-0.1, -0.05) is 26.0 Å². The second-order valence-corrected chi connectivity index (χ2v) is 12.1. The standard InChI is InChI=1S/C33H37F4N5O4/c1-19-11-26(39-18-32(45,33(35,36)37)17-31(3,4)25-14-23(34)9-10-28(25)46-5)24-15-40-42(27(24)12-19)16-21-7-6-8-22(13-21)30(44)41-20(2)29(38)43/h6-15,20,39,45H,16-18H2,1-5H3,(H2,38,43)(H,41,44). The van der Waals surface area contributed by atoms with Gasteiger partial charge in [0.05, 0.1) is 31.9 Å². The fraction of sp³-hybridized carbons (Fsp3) is 0.364. The quantitative estimate of drug-likeness (QED) is 0.157. The van der Waals surface area contributed by atoms with Crippen molar-refractivity contribution in [3.8, 4) is 5.75 Å². The number of nitrogens with zero attached hydrogens (tertiary/aromatic N) is 2.